The number of carboxylic acids is 1. The van der Waals surface area contributed by atoms with Gasteiger partial charge in [-0.2, -0.15) is 0 Å². The van der Waals surface area contributed by atoms with Crippen LogP contribution in [0.1, 0.15) is 46.0 Å². The Bertz CT molecular complexity index is 1740. The summed E-state index contributed by atoms with van der Waals surface area (Å²) in [6, 6.07) is 0.204. The van der Waals surface area contributed by atoms with Gasteiger partial charge in [0.05, 0.1) is 32.3 Å². The topological polar surface area (TPSA) is 229 Å². The van der Waals surface area contributed by atoms with Gasteiger partial charge in [0.25, 0.3) is 11.8 Å². The van der Waals surface area contributed by atoms with E-state index >= 15 is 0 Å². The van der Waals surface area contributed by atoms with Crippen LogP contribution < -0.4 is 21.6 Å². The molecule has 1 saturated heterocycles. The number of amides is 2. The van der Waals surface area contributed by atoms with Crippen molar-refractivity contribution in [3.8, 4) is 5.75 Å². The first-order valence-corrected chi connectivity index (χ1v) is 16.7. The van der Waals surface area contributed by atoms with E-state index in [0.29, 0.717) is 28.7 Å². The maximum atomic E-state index is 13.5. The number of nitrogens with two attached hydrogens (primary N) is 1. The second-order valence-corrected chi connectivity index (χ2v) is 15.5. The predicted molar refractivity (Wildman–Crippen MR) is 175 cm³/mol. The Labute approximate surface area is 284 Å². The Morgan fingerprint density at radius 3 is 2.52 bits per heavy atom. The summed E-state index contributed by atoms with van der Waals surface area (Å²) in [4.78, 5) is 77.3. The van der Waals surface area contributed by atoms with E-state index < -0.39 is 51.8 Å². The number of pyridine rings is 1. The molecule has 16 nitrogen and oxygen atoms in total. The minimum atomic E-state index is -1.60. The number of carboxylic acid groups (broad SMARTS) is 1. The van der Waals surface area contributed by atoms with E-state index in [4.69, 9.17) is 15.3 Å². The summed E-state index contributed by atoms with van der Waals surface area (Å²) in [6.07, 6.45) is 1.66. The number of rotatable bonds is 12. The molecule has 0 saturated carbocycles. The molecule has 0 bridgehead atoms. The Morgan fingerprint density at radius 2 is 1.94 bits per heavy atom. The van der Waals surface area contributed by atoms with Crippen LogP contribution in [0.2, 0.25) is 0 Å². The third kappa shape index (κ3) is 8.35. The number of thioether (sulfide) groups is 1. The molecule has 2 atom stereocenters. The number of likely N-dealkylation sites (N-methyl/N-ethyl adjacent to an activating group) is 1. The Balaban J connectivity index is 1.50. The number of aromatic nitrogens is 2. The molecule has 2 aliphatic rings. The van der Waals surface area contributed by atoms with Crippen LogP contribution in [0.15, 0.2) is 38.9 Å². The summed E-state index contributed by atoms with van der Waals surface area (Å²) >= 11 is 2.32. The van der Waals surface area contributed by atoms with Crippen LogP contribution in [0.4, 0.5) is 5.13 Å². The minimum Gasteiger partial charge on any atom is -0.543 e. The van der Waals surface area contributed by atoms with Crippen LogP contribution >= 0.6 is 23.1 Å². The zero-order valence-electron chi connectivity index (χ0n) is 27.6. The normalized spacial score (nSPS) is 18.6. The van der Waals surface area contributed by atoms with Gasteiger partial charge in [-0.1, -0.05) is 5.16 Å². The average Bonchev–Trinajstić information content (AvgIpc) is 3.40. The van der Waals surface area contributed by atoms with Crippen molar-refractivity contribution < 1.29 is 43.4 Å². The van der Waals surface area contributed by atoms with E-state index in [1.54, 1.807) is 20.8 Å². The van der Waals surface area contributed by atoms with Crippen molar-refractivity contribution in [1.29, 1.82) is 0 Å². The molecule has 2 aromatic rings. The number of ether oxygens (including phenoxy) is 1. The minimum absolute atomic E-state index is 0.0453. The molecular weight excluding hydrogens is 667 g/mol. The number of aromatic hydroxyl groups is 1. The van der Waals surface area contributed by atoms with Crippen molar-refractivity contribution in [1.82, 2.24) is 20.2 Å². The van der Waals surface area contributed by atoms with E-state index in [0.717, 1.165) is 16.2 Å². The highest BCUT2D eigenvalue weighted by molar-refractivity contribution is 8.00. The fraction of sp³-hybridized carbons (Fsp3) is 0.500. The van der Waals surface area contributed by atoms with Crippen molar-refractivity contribution >= 4 is 57.7 Å². The van der Waals surface area contributed by atoms with Crippen LogP contribution in [0.25, 0.3) is 0 Å². The lowest BCUT2D eigenvalue weighted by molar-refractivity contribution is -0.885. The van der Waals surface area contributed by atoms with Gasteiger partial charge in [-0.15, -0.1) is 23.1 Å². The quantitative estimate of drug-likeness (QED) is 0.0733. The molecule has 0 aliphatic carbocycles. The second kappa shape index (κ2) is 13.6. The first-order valence-electron chi connectivity index (χ1n) is 14.8. The molecule has 18 heteroatoms. The Kier molecular flexibility index (Phi) is 10.3. The van der Waals surface area contributed by atoms with Crippen molar-refractivity contribution in [2.75, 3.05) is 38.7 Å². The molecule has 2 amide bonds. The number of aliphatic carboxylic acids is 1. The lowest BCUT2D eigenvalue weighted by atomic mass is 10.0. The largest absolute Gasteiger partial charge is 0.543 e. The number of carbonyl (C=O) groups excluding carboxylic acids is 4. The van der Waals surface area contributed by atoms with Gasteiger partial charge in [-0.3, -0.25) is 19.3 Å². The molecule has 0 radical (unpaired) electrons. The van der Waals surface area contributed by atoms with Crippen molar-refractivity contribution in [2.45, 2.75) is 63.7 Å². The predicted octanol–water partition coefficient (Wildman–Crippen LogP) is -0.317. The van der Waals surface area contributed by atoms with Gasteiger partial charge in [0.2, 0.25) is 11.0 Å². The summed E-state index contributed by atoms with van der Waals surface area (Å²) in [5, 5.41) is 29.2. The highest BCUT2D eigenvalue weighted by atomic mass is 32.2. The van der Waals surface area contributed by atoms with Gasteiger partial charge in [0, 0.05) is 41.1 Å². The number of aromatic amines is 1. The summed E-state index contributed by atoms with van der Waals surface area (Å²) in [7, 11) is 3.77. The number of nitrogen functional groups attached to an aromatic ring is 1. The molecule has 48 heavy (non-hydrogen) atoms. The monoisotopic (exact) mass is 705 g/mol. The van der Waals surface area contributed by atoms with Crippen molar-refractivity contribution in [3.63, 3.8) is 0 Å². The van der Waals surface area contributed by atoms with E-state index in [1.807, 2.05) is 14.1 Å². The standard InChI is InChI=1S/C30H39N7O9S2/c1-29(2,3)45-27(44)30(4,5)46-35-20(17-14-48-28(31)33-17)23(40)34-21-24(41)36-22(26(42)43)15(13-47-25(21)36)12-37(6,7)9-8-16-10-18(38)19(39)11-32-16/h10-11,14,21,25H,8-9,12-13H2,1-7H3,(H5-,31,32,33,34,35,38,39,40,42,43)/t21-,25-/m1/s1. The number of esters is 1. The van der Waals surface area contributed by atoms with Crippen molar-refractivity contribution in [3.05, 3.63) is 50.5 Å². The summed E-state index contributed by atoms with van der Waals surface area (Å²) in [5.41, 5.74) is 3.41. The fourth-order valence-electron chi connectivity index (χ4n) is 4.87. The highest BCUT2D eigenvalue weighted by Gasteiger charge is 2.53. The molecule has 4 heterocycles. The zero-order valence-corrected chi connectivity index (χ0v) is 29.2. The SMILES string of the molecule is CC(C)(C)OC(=O)C(C)(C)ON=C(C(=O)N[C@@H]1C(=O)N2C(C(=O)[O-])=C(C[N+](C)(C)CCc3cc(=O)c(O)c[nH]3)CS[C@H]12)c1csc(N)n1. The Morgan fingerprint density at radius 1 is 1.25 bits per heavy atom. The molecular formula is C30H39N7O9S2. The molecule has 5 N–H and O–H groups in total. The third-order valence-electron chi connectivity index (χ3n) is 7.32. The Hall–Kier alpha value is -4.42. The molecule has 4 rings (SSSR count). The maximum absolute atomic E-state index is 13.5. The number of β-lactam (4-membered cyclic amide) rings is 1. The number of thiazole rings is 1. The van der Waals surface area contributed by atoms with Crippen molar-refractivity contribution in [2.24, 2.45) is 5.16 Å². The summed E-state index contributed by atoms with van der Waals surface area (Å²) < 4.78 is 5.70. The number of fused-ring (bicyclic) bond motifs is 1. The van der Waals surface area contributed by atoms with Gasteiger partial charge in [0.1, 0.15) is 29.3 Å². The smallest absolute Gasteiger partial charge is 0.353 e. The number of quaternary nitrogens is 1. The van der Waals surface area contributed by atoms with Crippen LogP contribution in [-0.4, -0.2) is 109 Å². The number of hydrogen-bond donors (Lipinski definition) is 4. The first-order chi connectivity index (χ1) is 22.2. The number of H-pyrrole nitrogens is 1. The number of carbonyl (C=O) groups is 4. The molecule has 2 aliphatic heterocycles. The van der Waals surface area contributed by atoms with Crippen LogP contribution in [0, 0.1) is 0 Å². The van der Waals surface area contributed by atoms with E-state index in [9.17, 15) is 34.2 Å². The lowest BCUT2D eigenvalue weighted by Crippen LogP contribution is -2.71. The average molecular weight is 706 g/mol. The summed E-state index contributed by atoms with van der Waals surface area (Å²) in [6.45, 7) is 8.67. The number of nitrogens with zero attached hydrogens (tertiary/aromatic N) is 4. The van der Waals surface area contributed by atoms with Crippen LogP contribution in [0.3, 0.4) is 0 Å². The molecule has 0 spiro atoms. The molecule has 0 unspecified atom stereocenters. The first kappa shape index (κ1) is 36.4. The summed E-state index contributed by atoms with van der Waals surface area (Å²) in [5.74, 6) is -3.89. The molecule has 2 aromatic heterocycles. The number of hydrogen-bond acceptors (Lipinski definition) is 14. The van der Waals surface area contributed by atoms with E-state index in [2.05, 4.69) is 20.4 Å². The lowest BCUT2D eigenvalue weighted by Gasteiger charge is -2.51. The van der Waals surface area contributed by atoms with E-state index in [1.165, 1.54) is 43.3 Å². The van der Waals surface area contributed by atoms with Crippen LogP contribution in [0.5, 0.6) is 5.75 Å². The van der Waals surface area contributed by atoms with Gasteiger partial charge in [0.15, 0.2) is 16.6 Å². The van der Waals surface area contributed by atoms with Crippen LogP contribution in [-0.2, 0) is 35.2 Å². The second-order valence-electron chi connectivity index (χ2n) is 13.5. The maximum Gasteiger partial charge on any atom is 0.353 e. The molecule has 0 aromatic carbocycles. The highest BCUT2D eigenvalue weighted by Crippen LogP contribution is 2.40. The van der Waals surface area contributed by atoms with Gasteiger partial charge < -0.3 is 45.1 Å². The van der Waals surface area contributed by atoms with Gasteiger partial charge >= 0.3 is 5.97 Å². The number of nitrogens with one attached hydrogen (secondary N) is 2. The third-order valence-corrected chi connectivity index (χ3v) is 9.33. The number of oxime groups is 1. The van der Waals surface area contributed by atoms with Gasteiger partial charge in [-0.25, -0.2) is 9.78 Å². The van der Waals surface area contributed by atoms with E-state index in [-0.39, 0.29) is 40.3 Å². The molecule has 1 fully saturated rings. The molecule has 260 valence electrons. The van der Waals surface area contributed by atoms with Gasteiger partial charge in [-0.05, 0) is 34.6 Å². The zero-order chi connectivity index (χ0) is 35.8. The number of anilines is 1. The fourth-order valence-corrected chi connectivity index (χ4v) is 6.75.